The van der Waals surface area contributed by atoms with E-state index in [1.54, 1.807) is 18.0 Å². The number of nitrogens with zero attached hydrogens (tertiary/aromatic N) is 4. The van der Waals surface area contributed by atoms with Crippen molar-refractivity contribution in [3.63, 3.8) is 0 Å². The Labute approximate surface area is 211 Å². The Morgan fingerprint density at radius 2 is 2.00 bits per heavy atom. The van der Waals surface area contributed by atoms with Gasteiger partial charge in [0, 0.05) is 47.4 Å². The van der Waals surface area contributed by atoms with Gasteiger partial charge in [-0.25, -0.2) is 9.37 Å². The minimum absolute atomic E-state index is 0.152. The van der Waals surface area contributed by atoms with Crippen molar-refractivity contribution in [1.29, 1.82) is 0 Å². The van der Waals surface area contributed by atoms with Crippen LogP contribution in [0, 0.1) is 12.7 Å². The van der Waals surface area contributed by atoms with Gasteiger partial charge in [-0.2, -0.15) is 5.10 Å². The van der Waals surface area contributed by atoms with E-state index < -0.39 is 8.32 Å². The fourth-order valence-electron chi connectivity index (χ4n) is 5.06. The predicted molar refractivity (Wildman–Crippen MR) is 141 cm³/mol. The van der Waals surface area contributed by atoms with Crippen molar-refractivity contribution in [2.45, 2.75) is 52.5 Å². The van der Waals surface area contributed by atoms with Crippen LogP contribution < -0.4 is 0 Å². The topological polar surface area (TPSA) is 76.0 Å². The molecule has 0 saturated heterocycles. The molecule has 1 aromatic carbocycles. The van der Waals surface area contributed by atoms with Crippen LogP contribution in [0.2, 0.25) is 19.6 Å². The molecule has 1 N–H and O–H groups in total. The van der Waals surface area contributed by atoms with Crippen LogP contribution in [0.5, 0.6) is 0 Å². The summed E-state index contributed by atoms with van der Waals surface area (Å²) in [5.41, 5.74) is 6.62. The Kier molecular flexibility index (Phi) is 6.08. The number of carbonyl (C=O) groups is 1. The van der Waals surface area contributed by atoms with Crippen molar-refractivity contribution < 1.29 is 13.6 Å². The molecule has 188 valence electrons. The lowest BCUT2D eigenvalue weighted by molar-refractivity contribution is 0.0780. The van der Waals surface area contributed by atoms with E-state index in [-0.39, 0.29) is 17.6 Å². The molecule has 36 heavy (non-hydrogen) atoms. The van der Waals surface area contributed by atoms with Crippen molar-refractivity contribution in [3.05, 3.63) is 70.6 Å². The summed E-state index contributed by atoms with van der Waals surface area (Å²) >= 11 is 0. The zero-order chi connectivity index (χ0) is 25.8. The maximum absolute atomic E-state index is 14.4. The Hall–Kier alpha value is -3.30. The van der Waals surface area contributed by atoms with Gasteiger partial charge in [-0.1, -0.05) is 6.92 Å². The molecule has 9 heteroatoms. The van der Waals surface area contributed by atoms with Gasteiger partial charge in [0.25, 0.3) is 5.91 Å². The van der Waals surface area contributed by atoms with E-state index in [1.807, 2.05) is 30.9 Å². The monoisotopic (exact) mass is 505 g/mol. The second kappa shape index (κ2) is 8.97. The van der Waals surface area contributed by atoms with Gasteiger partial charge in [0.15, 0.2) is 8.32 Å². The molecule has 0 saturated carbocycles. The summed E-state index contributed by atoms with van der Waals surface area (Å²) in [5, 5.41) is 5.81. The first-order valence-electron chi connectivity index (χ1n) is 12.3. The van der Waals surface area contributed by atoms with Crippen molar-refractivity contribution in [2.24, 2.45) is 0 Å². The highest BCUT2D eigenvalue weighted by molar-refractivity contribution is 6.69. The van der Waals surface area contributed by atoms with E-state index in [1.165, 1.54) is 12.1 Å². The van der Waals surface area contributed by atoms with Gasteiger partial charge in [-0.3, -0.25) is 9.48 Å². The number of pyridine rings is 1. The van der Waals surface area contributed by atoms with Crippen LogP contribution in [-0.2, 0) is 17.5 Å². The molecule has 1 aliphatic heterocycles. The average molecular weight is 506 g/mol. The van der Waals surface area contributed by atoms with Crippen LogP contribution in [-0.4, -0.2) is 52.5 Å². The predicted octanol–water partition coefficient (Wildman–Crippen LogP) is 5.46. The number of amides is 1. The fraction of sp³-hybridized carbons (Fsp3) is 0.370. The minimum atomic E-state index is -1.68. The third-order valence-electron chi connectivity index (χ3n) is 6.83. The Bertz CT molecular complexity index is 1470. The molecule has 2 bridgehead atoms. The van der Waals surface area contributed by atoms with Crippen molar-refractivity contribution in [1.82, 2.24) is 24.6 Å². The molecule has 4 heterocycles. The first-order chi connectivity index (χ1) is 17.0. The van der Waals surface area contributed by atoms with Gasteiger partial charge in [0.2, 0.25) is 0 Å². The highest BCUT2D eigenvalue weighted by Gasteiger charge is 2.27. The number of aryl methyl sites for hydroxylation is 1. The molecule has 7 nitrogen and oxygen atoms in total. The SMILES string of the molecule is Cc1nn(CCO[Si](C)(C)C)c2c1-c1cnc3[nH]cc(c3c1)C(C)c1cc(F)ccc1C(=O)N(C)C2. The van der Waals surface area contributed by atoms with Gasteiger partial charge in [0.05, 0.1) is 31.1 Å². The number of fused-ring (bicyclic) bond motifs is 4. The molecule has 0 fully saturated rings. The molecule has 1 aliphatic rings. The number of hydrogen-bond donors (Lipinski definition) is 1. The molecule has 1 unspecified atom stereocenters. The highest BCUT2D eigenvalue weighted by Crippen LogP contribution is 2.37. The third-order valence-corrected chi connectivity index (χ3v) is 7.90. The summed E-state index contributed by atoms with van der Waals surface area (Å²) in [6, 6.07) is 6.55. The Morgan fingerprint density at radius 1 is 1.22 bits per heavy atom. The lowest BCUT2D eigenvalue weighted by atomic mass is 9.88. The lowest BCUT2D eigenvalue weighted by Gasteiger charge is -2.24. The van der Waals surface area contributed by atoms with Crippen LogP contribution in [0.25, 0.3) is 22.2 Å². The first-order valence-corrected chi connectivity index (χ1v) is 15.7. The molecule has 0 radical (unpaired) electrons. The average Bonchev–Trinajstić information content (AvgIpc) is 3.36. The summed E-state index contributed by atoms with van der Waals surface area (Å²) in [7, 11) is 0.105. The largest absolute Gasteiger partial charge is 0.416 e. The fourth-order valence-corrected chi connectivity index (χ4v) is 5.77. The zero-order valence-corrected chi connectivity index (χ0v) is 22.6. The summed E-state index contributed by atoms with van der Waals surface area (Å²) in [6.07, 6.45) is 3.76. The van der Waals surface area contributed by atoms with Gasteiger partial charge in [-0.15, -0.1) is 0 Å². The van der Waals surface area contributed by atoms with Crippen LogP contribution >= 0.6 is 0 Å². The quantitative estimate of drug-likeness (QED) is 0.374. The van der Waals surface area contributed by atoms with E-state index in [0.717, 1.165) is 39.1 Å². The molecule has 1 atom stereocenters. The maximum atomic E-state index is 14.4. The standard InChI is InChI=1S/C27H32FN5O2Si/c1-16-21-12-19(28)7-8-20(21)27(34)32(3)15-24-25(17(2)31-33(24)9-10-35-36(4,5)6)18-11-22-23(16)14-30-26(22)29-13-18/h7-8,11-14,16H,9-10,15H2,1-6H3,(H,29,30). The second-order valence-electron chi connectivity index (χ2n) is 10.6. The van der Waals surface area contributed by atoms with E-state index in [4.69, 9.17) is 14.5 Å². The molecule has 1 amide bonds. The number of aromatic amines is 1. The second-order valence-corrected chi connectivity index (χ2v) is 15.1. The Balaban J connectivity index is 1.71. The van der Waals surface area contributed by atoms with Crippen LogP contribution in [0.4, 0.5) is 4.39 Å². The summed E-state index contributed by atoms with van der Waals surface area (Å²) in [6.45, 7) is 12.0. The number of halogens is 1. The van der Waals surface area contributed by atoms with E-state index in [9.17, 15) is 9.18 Å². The Morgan fingerprint density at radius 3 is 2.75 bits per heavy atom. The van der Waals surface area contributed by atoms with Gasteiger partial charge >= 0.3 is 0 Å². The summed E-state index contributed by atoms with van der Waals surface area (Å²) in [4.78, 5) is 23.3. The van der Waals surface area contributed by atoms with Crippen LogP contribution in [0.15, 0.2) is 36.7 Å². The van der Waals surface area contributed by atoms with E-state index >= 15 is 0 Å². The van der Waals surface area contributed by atoms with Gasteiger partial charge in [0.1, 0.15) is 11.5 Å². The molecular formula is C27H32FN5O2Si. The molecule has 4 aromatic rings. The number of carbonyl (C=O) groups excluding carboxylic acids is 1. The number of nitrogens with one attached hydrogen (secondary N) is 1. The van der Waals surface area contributed by atoms with Crippen LogP contribution in [0.3, 0.4) is 0 Å². The number of aromatic nitrogens is 4. The molecule has 5 rings (SSSR count). The van der Waals surface area contributed by atoms with Crippen molar-refractivity contribution >= 4 is 25.3 Å². The number of hydrogen-bond acceptors (Lipinski definition) is 4. The first kappa shape index (κ1) is 24.4. The number of rotatable bonds is 4. The molecule has 3 aromatic heterocycles. The van der Waals surface area contributed by atoms with Gasteiger partial charge in [-0.05, 0) is 62.0 Å². The third kappa shape index (κ3) is 4.37. The molecule has 0 spiro atoms. The zero-order valence-electron chi connectivity index (χ0n) is 21.6. The number of H-pyrrole nitrogens is 1. The minimum Gasteiger partial charge on any atom is -0.416 e. The van der Waals surface area contributed by atoms with E-state index in [0.29, 0.717) is 30.8 Å². The highest BCUT2D eigenvalue weighted by atomic mass is 28.4. The maximum Gasteiger partial charge on any atom is 0.254 e. The lowest BCUT2D eigenvalue weighted by Crippen LogP contribution is -2.30. The van der Waals surface area contributed by atoms with Crippen molar-refractivity contribution in [2.75, 3.05) is 13.7 Å². The van der Waals surface area contributed by atoms with Crippen molar-refractivity contribution in [3.8, 4) is 11.1 Å². The number of benzene rings is 1. The molecular weight excluding hydrogens is 473 g/mol. The van der Waals surface area contributed by atoms with E-state index in [2.05, 4.69) is 30.7 Å². The summed E-state index contributed by atoms with van der Waals surface area (Å²) < 4.78 is 22.4. The normalized spacial score (nSPS) is 16.1. The molecule has 0 aliphatic carbocycles. The smallest absolute Gasteiger partial charge is 0.254 e. The summed E-state index contributed by atoms with van der Waals surface area (Å²) in [5.74, 6) is -0.721. The van der Waals surface area contributed by atoms with Gasteiger partial charge < -0.3 is 14.3 Å². The van der Waals surface area contributed by atoms with Crippen LogP contribution in [0.1, 0.15) is 45.7 Å².